The first-order chi connectivity index (χ1) is 12.2. The smallest absolute Gasteiger partial charge is 0.337 e. The van der Waals surface area contributed by atoms with E-state index in [0.717, 1.165) is 5.56 Å². The molecule has 7 heteroatoms. The molecule has 0 saturated carbocycles. The molecule has 0 fully saturated rings. The number of hydrogen-bond donors (Lipinski definition) is 2. The summed E-state index contributed by atoms with van der Waals surface area (Å²) >= 11 is 0. The zero-order valence-corrected chi connectivity index (χ0v) is 15.9. The van der Waals surface area contributed by atoms with Gasteiger partial charge in [-0.05, 0) is 30.0 Å². The van der Waals surface area contributed by atoms with Gasteiger partial charge in [-0.25, -0.2) is 14.6 Å². The Hall–Kier alpha value is -2.83. The Morgan fingerprint density at radius 3 is 2.62 bits per heavy atom. The number of carbonyl (C=O) groups excluding carboxylic acids is 2. The summed E-state index contributed by atoms with van der Waals surface area (Å²) < 4.78 is 6.66. The summed E-state index contributed by atoms with van der Waals surface area (Å²) in [6.07, 6.45) is 5.30. The molecule has 0 radical (unpaired) electrons. The standard InChI is InChI=1S/C19H26N4O3/c1-13-6-7-14(17(24)26-5)10-15(13)21-18(25)22-16(19(2,3)4)11-23-9-8-20-12-23/h6-10,12,16H,11H2,1-5H3,(H2,21,22,25)/t16-/m1/s1. The summed E-state index contributed by atoms with van der Waals surface area (Å²) in [7, 11) is 1.33. The highest BCUT2D eigenvalue weighted by atomic mass is 16.5. The van der Waals surface area contributed by atoms with Gasteiger partial charge in [0, 0.05) is 24.6 Å². The lowest BCUT2D eigenvalue weighted by Crippen LogP contribution is -2.47. The first-order valence-electron chi connectivity index (χ1n) is 8.43. The molecule has 0 unspecified atom stereocenters. The Balaban J connectivity index is 2.11. The zero-order valence-electron chi connectivity index (χ0n) is 15.9. The van der Waals surface area contributed by atoms with Crippen LogP contribution >= 0.6 is 0 Å². The molecule has 140 valence electrons. The van der Waals surface area contributed by atoms with E-state index in [4.69, 9.17) is 4.74 Å². The highest BCUT2D eigenvalue weighted by Gasteiger charge is 2.26. The number of anilines is 1. The Kier molecular flexibility index (Phi) is 6.02. The average molecular weight is 358 g/mol. The van der Waals surface area contributed by atoms with Crippen molar-refractivity contribution in [2.45, 2.75) is 40.3 Å². The van der Waals surface area contributed by atoms with Crippen LogP contribution in [0.3, 0.4) is 0 Å². The number of imidazole rings is 1. The zero-order chi connectivity index (χ0) is 19.3. The van der Waals surface area contributed by atoms with Crippen LogP contribution in [0.2, 0.25) is 0 Å². The normalized spacial score (nSPS) is 12.3. The predicted molar refractivity (Wildman–Crippen MR) is 100 cm³/mol. The molecule has 0 aliphatic heterocycles. The van der Waals surface area contributed by atoms with Crippen LogP contribution in [0.4, 0.5) is 10.5 Å². The highest BCUT2D eigenvalue weighted by molar-refractivity contribution is 5.94. The second-order valence-corrected chi connectivity index (χ2v) is 7.30. The van der Waals surface area contributed by atoms with E-state index in [-0.39, 0.29) is 17.5 Å². The number of aryl methyl sites for hydroxylation is 1. The van der Waals surface area contributed by atoms with Crippen LogP contribution in [-0.4, -0.2) is 34.7 Å². The van der Waals surface area contributed by atoms with Crippen molar-refractivity contribution in [2.24, 2.45) is 5.41 Å². The topological polar surface area (TPSA) is 85.2 Å². The number of hydrogen-bond acceptors (Lipinski definition) is 4. The third kappa shape index (κ3) is 5.08. The number of nitrogens with zero attached hydrogens (tertiary/aromatic N) is 2. The van der Waals surface area contributed by atoms with Crippen LogP contribution in [0.25, 0.3) is 0 Å². The molecule has 1 heterocycles. The third-order valence-electron chi connectivity index (χ3n) is 4.21. The van der Waals surface area contributed by atoms with Crippen molar-refractivity contribution < 1.29 is 14.3 Å². The second kappa shape index (κ2) is 8.03. The third-order valence-corrected chi connectivity index (χ3v) is 4.21. The van der Waals surface area contributed by atoms with Gasteiger partial charge in [-0.3, -0.25) is 0 Å². The molecule has 0 aliphatic rings. The van der Waals surface area contributed by atoms with Gasteiger partial charge >= 0.3 is 12.0 Å². The van der Waals surface area contributed by atoms with E-state index in [1.54, 1.807) is 30.7 Å². The van der Waals surface area contributed by atoms with E-state index in [0.29, 0.717) is 17.8 Å². The molecular weight excluding hydrogens is 332 g/mol. The minimum atomic E-state index is -0.443. The lowest BCUT2D eigenvalue weighted by molar-refractivity contribution is 0.0600. The number of methoxy groups -OCH3 is 1. The molecule has 2 N–H and O–H groups in total. The van der Waals surface area contributed by atoms with Crippen LogP contribution in [-0.2, 0) is 11.3 Å². The maximum atomic E-state index is 12.5. The van der Waals surface area contributed by atoms with E-state index in [2.05, 4.69) is 36.4 Å². The van der Waals surface area contributed by atoms with Crippen LogP contribution in [0.15, 0.2) is 36.9 Å². The fourth-order valence-electron chi connectivity index (χ4n) is 2.46. The molecule has 2 aromatic rings. The van der Waals surface area contributed by atoms with E-state index >= 15 is 0 Å². The Bertz CT molecular complexity index is 764. The van der Waals surface area contributed by atoms with Crippen LogP contribution in [0, 0.1) is 12.3 Å². The molecule has 1 aromatic carbocycles. The minimum Gasteiger partial charge on any atom is -0.465 e. The number of rotatable bonds is 5. The lowest BCUT2D eigenvalue weighted by atomic mass is 9.86. The van der Waals surface area contributed by atoms with E-state index in [1.807, 2.05) is 17.7 Å². The Morgan fingerprint density at radius 1 is 1.31 bits per heavy atom. The summed E-state index contributed by atoms with van der Waals surface area (Å²) in [4.78, 5) is 28.3. The fourth-order valence-corrected chi connectivity index (χ4v) is 2.46. The molecule has 0 aliphatic carbocycles. The first kappa shape index (κ1) is 19.5. The van der Waals surface area contributed by atoms with Crippen molar-refractivity contribution in [3.05, 3.63) is 48.0 Å². The van der Waals surface area contributed by atoms with E-state index < -0.39 is 5.97 Å². The number of urea groups is 1. The molecule has 7 nitrogen and oxygen atoms in total. The quantitative estimate of drug-likeness (QED) is 0.804. The van der Waals surface area contributed by atoms with E-state index in [1.165, 1.54) is 7.11 Å². The first-order valence-corrected chi connectivity index (χ1v) is 8.43. The lowest BCUT2D eigenvalue weighted by Gasteiger charge is -2.31. The second-order valence-electron chi connectivity index (χ2n) is 7.30. The van der Waals surface area contributed by atoms with Gasteiger partial charge in [-0.1, -0.05) is 26.8 Å². The maximum Gasteiger partial charge on any atom is 0.337 e. The molecule has 0 spiro atoms. The number of ether oxygens (including phenoxy) is 1. The predicted octanol–water partition coefficient (Wildman–Crippen LogP) is 3.21. The molecule has 1 aromatic heterocycles. The molecule has 0 saturated heterocycles. The molecule has 0 bridgehead atoms. The Labute approximate surface area is 153 Å². The monoisotopic (exact) mass is 358 g/mol. The fraction of sp³-hybridized carbons (Fsp3) is 0.421. The van der Waals surface area contributed by atoms with Gasteiger partial charge in [0.15, 0.2) is 0 Å². The summed E-state index contributed by atoms with van der Waals surface area (Å²) in [5.41, 5.74) is 1.67. The van der Waals surface area contributed by atoms with Crippen LogP contribution in [0.5, 0.6) is 0 Å². The average Bonchev–Trinajstić information content (AvgIpc) is 3.08. The Morgan fingerprint density at radius 2 is 2.04 bits per heavy atom. The summed E-state index contributed by atoms with van der Waals surface area (Å²) in [6, 6.07) is 4.62. The summed E-state index contributed by atoms with van der Waals surface area (Å²) in [6.45, 7) is 8.68. The van der Waals surface area contributed by atoms with Gasteiger partial charge in [-0.15, -0.1) is 0 Å². The van der Waals surface area contributed by atoms with Gasteiger partial charge in [0.05, 0.1) is 25.0 Å². The number of esters is 1. The van der Waals surface area contributed by atoms with Crippen molar-refractivity contribution in [1.82, 2.24) is 14.9 Å². The van der Waals surface area contributed by atoms with Gasteiger partial charge in [0.25, 0.3) is 0 Å². The van der Waals surface area contributed by atoms with Crippen LogP contribution < -0.4 is 10.6 Å². The molecule has 2 amide bonds. The van der Waals surface area contributed by atoms with Gasteiger partial charge in [0.1, 0.15) is 0 Å². The largest absolute Gasteiger partial charge is 0.465 e. The number of carbonyl (C=O) groups is 2. The summed E-state index contributed by atoms with van der Waals surface area (Å²) in [5, 5.41) is 5.85. The van der Waals surface area contributed by atoms with Gasteiger partial charge in [0.2, 0.25) is 0 Å². The van der Waals surface area contributed by atoms with Crippen LogP contribution in [0.1, 0.15) is 36.7 Å². The molecule has 1 atom stereocenters. The number of amides is 2. The van der Waals surface area contributed by atoms with Crippen molar-refractivity contribution in [1.29, 1.82) is 0 Å². The number of nitrogens with one attached hydrogen (secondary N) is 2. The summed E-state index contributed by atoms with van der Waals surface area (Å²) in [5.74, 6) is -0.443. The van der Waals surface area contributed by atoms with Gasteiger partial charge < -0.3 is 19.9 Å². The molecule has 2 rings (SSSR count). The number of aromatic nitrogens is 2. The van der Waals surface area contributed by atoms with Crippen molar-refractivity contribution in [3.63, 3.8) is 0 Å². The SMILES string of the molecule is COC(=O)c1ccc(C)c(NC(=O)N[C@H](Cn2ccnc2)C(C)(C)C)c1. The van der Waals surface area contributed by atoms with Crippen molar-refractivity contribution >= 4 is 17.7 Å². The van der Waals surface area contributed by atoms with Gasteiger partial charge in [-0.2, -0.15) is 0 Å². The molecular formula is C19H26N4O3. The minimum absolute atomic E-state index is 0.110. The van der Waals surface area contributed by atoms with E-state index in [9.17, 15) is 9.59 Å². The van der Waals surface area contributed by atoms with Crippen molar-refractivity contribution in [3.8, 4) is 0 Å². The molecule has 26 heavy (non-hydrogen) atoms. The number of benzene rings is 1. The highest BCUT2D eigenvalue weighted by Crippen LogP contribution is 2.22. The van der Waals surface area contributed by atoms with Crippen molar-refractivity contribution in [2.75, 3.05) is 12.4 Å². The maximum absolute atomic E-state index is 12.5.